The molecule has 0 saturated heterocycles. The fourth-order valence-corrected chi connectivity index (χ4v) is 2.33. The molecule has 0 aliphatic carbocycles. The highest BCUT2D eigenvalue weighted by Crippen LogP contribution is 2.12. The van der Waals surface area contributed by atoms with Gasteiger partial charge in [-0.1, -0.05) is 0 Å². The minimum Gasteiger partial charge on any atom is -0.444 e. The average Bonchev–Trinajstić information content (AvgIpc) is 2.86. The molecule has 0 saturated carbocycles. The molecule has 154 valence electrons. The Morgan fingerprint density at radius 1 is 1.30 bits per heavy atom. The van der Waals surface area contributed by atoms with E-state index in [1.165, 1.54) is 0 Å². The molecule has 8 heteroatoms. The zero-order valence-electron chi connectivity index (χ0n) is 18.0. The van der Waals surface area contributed by atoms with Crippen molar-refractivity contribution in [3.63, 3.8) is 0 Å². The highest BCUT2D eigenvalue weighted by atomic mass is 16.6. The summed E-state index contributed by atoms with van der Waals surface area (Å²) in [5.74, 6) is 2.12. The number of aliphatic imine (C=N–C) groups is 1. The maximum absolute atomic E-state index is 12.3. The normalized spacial score (nSPS) is 12.3. The number of carbonyl (C=O) groups excluding carboxylic acids is 1. The van der Waals surface area contributed by atoms with E-state index in [0.29, 0.717) is 31.5 Å². The summed E-state index contributed by atoms with van der Waals surface area (Å²) in [7, 11) is 1.71. The van der Waals surface area contributed by atoms with Gasteiger partial charge in [0.25, 0.3) is 0 Å². The number of aryl methyl sites for hydroxylation is 2. The minimum atomic E-state index is -0.495. The molecule has 1 heterocycles. The van der Waals surface area contributed by atoms with Gasteiger partial charge >= 0.3 is 6.09 Å². The van der Waals surface area contributed by atoms with Crippen LogP contribution in [0.1, 0.15) is 58.4 Å². The first-order valence-corrected chi connectivity index (χ1v) is 9.40. The van der Waals surface area contributed by atoms with E-state index in [-0.39, 0.29) is 12.1 Å². The van der Waals surface area contributed by atoms with E-state index in [1.54, 1.807) is 11.9 Å². The molecule has 0 aromatic carbocycles. The molecule has 1 amide bonds. The maximum Gasteiger partial charge on any atom is 0.410 e. The first-order chi connectivity index (χ1) is 12.5. The van der Waals surface area contributed by atoms with Crippen LogP contribution < -0.4 is 10.6 Å². The van der Waals surface area contributed by atoms with Crippen molar-refractivity contribution in [1.29, 1.82) is 0 Å². The molecule has 0 aliphatic heterocycles. The highest BCUT2D eigenvalue weighted by molar-refractivity contribution is 5.79. The monoisotopic (exact) mass is 381 g/mol. The lowest BCUT2D eigenvalue weighted by Crippen LogP contribution is -2.43. The highest BCUT2D eigenvalue weighted by Gasteiger charge is 2.23. The van der Waals surface area contributed by atoms with Gasteiger partial charge in [-0.2, -0.15) is 0 Å². The van der Waals surface area contributed by atoms with E-state index in [4.69, 9.17) is 9.15 Å². The van der Waals surface area contributed by atoms with Crippen molar-refractivity contribution in [2.45, 2.75) is 73.1 Å². The third-order valence-corrected chi connectivity index (χ3v) is 3.82. The van der Waals surface area contributed by atoms with E-state index < -0.39 is 5.60 Å². The van der Waals surface area contributed by atoms with Gasteiger partial charge in [-0.05, 0) is 54.9 Å². The van der Waals surface area contributed by atoms with Gasteiger partial charge in [-0.3, -0.25) is 4.99 Å². The Morgan fingerprint density at radius 2 is 1.96 bits per heavy atom. The van der Waals surface area contributed by atoms with Crippen molar-refractivity contribution < 1.29 is 13.9 Å². The van der Waals surface area contributed by atoms with Crippen LogP contribution in [0.3, 0.4) is 0 Å². The molecule has 1 aromatic heterocycles. The Labute approximate surface area is 162 Å². The summed E-state index contributed by atoms with van der Waals surface area (Å²) < 4.78 is 11.0. The molecular formula is C19H35N5O3. The lowest BCUT2D eigenvalue weighted by atomic mass is 10.2. The number of nitrogens with zero attached hydrogens (tertiary/aromatic N) is 3. The van der Waals surface area contributed by atoms with Gasteiger partial charge in [-0.15, -0.1) is 0 Å². The van der Waals surface area contributed by atoms with Crippen molar-refractivity contribution >= 4 is 12.1 Å². The first-order valence-electron chi connectivity index (χ1n) is 9.40. The molecule has 0 aliphatic rings. The number of hydrogen-bond acceptors (Lipinski definition) is 5. The molecule has 8 nitrogen and oxygen atoms in total. The molecule has 0 spiro atoms. The molecule has 1 aromatic rings. The largest absolute Gasteiger partial charge is 0.444 e. The van der Waals surface area contributed by atoms with Gasteiger partial charge in [0.2, 0.25) is 5.89 Å². The second-order valence-corrected chi connectivity index (χ2v) is 7.72. The molecule has 0 unspecified atom stereocenters. The smallest absolute Gasteiger partial charge is 0.410 e. The van der Waals surface area contributed by atoms with Gasteiger partial charge in [0, 0.05) is 26.2 Å². The molecular weight excluding hydrogens is 346 g/mol. The van der Waals surface area contributed by atoms with Crippen molar-refractivity contribution in [1.82, 2.24) is 20.5 Å². The molecule has 27 heavy (non-hydrogen) atoms. The maximum atomic E-state index is 12.3. The van der Waals surface area contributed by atoms with E-state index in [9.17, 15) is 4.79 Å². The Balaban J connectivity index is 2.41. The minimum absolute atomic E-state index is 0.0776. The summed E-state index contributed by atoms with van der Waals surface area (Å²) in [6.45, 7) is 15.1. The number of aromatic nitrogens is 1. The number of hydrogen-bond donors (Lipinski definition) is 2. The Kier molecular flexibility index (Phi) is 8.59. The molecule has 0 atom stereocenters. The van der Waals surface area contributed by atoms with Crippen LogP contribution >= 0.6 is 0 Å². The van der Waals surface area contributed by atoms with Gasteiger partial charge in [0.05, 0.1) is 12.2 Å². The topological polar surface area (TPSA) is 92.0 Å². The fourth-order valence-electron chi connectivity index (χ4n) is 2.33. The van der Waals surface area contributed by atoms with E-state index in [1.807, 2.05) is 48.5 Å². The number of amides is 1. The van der Waals surface area contributed by atoms with Gasteiger partial charge in [-0.25, -0.2) is 9.78 Å². The van der Waals surface area contributed by atoms with Crippen LogP contribution in [0.2, 0.25) is 0 Å². The van der Waals surface area contributed by atoms with Crippen molar-refractivity contribution in [2.75, 3.05) is 20.1 Å². The zero-order valence-corrected chi connectivity index (χ0v) is 18.0. The number of guanidine groups is 1. The average molecular weight is 382 g/mol. The van der Waals surface area contributed by atoms with Crippen LogP contribution in [-0.2, 0) is 11.3 Å². The van der Waals surface area contributed by atoms with Crippen LogP contribution in [0.5, 0.6) is 0 Å². The van der Waals surface area contributed by atoms with E-state index >= 15 is 0 Å². The fraction of sp³-hybridized carbons (Fsp3) is 0.737. The molecule has 0 fully saturated rings. The number of carbonyl (C=O) groups is 1. The summed E-state index contributed by atoms with van der Waals surface area (Å²) in [6.07, 6.45) is 0.490. The number of ether oxygens (including phenoxy) is 1. The van der Waals surface area contributed by atoms with Gasteiger partial charge < -0.3 is 24.7 Å². The molecule has 0 radical (unpaired) electrons. The van der Waals surface area contributed by atoms with Gasteiger partial charge in [0.1, 0.15) is 11.4 Å². The first kappa shape index (κ1) is 22.8. The number of nitrogens with one attached hydrogen (secondary N) is 2. The van der Waals surface area contributed by atoms with E-state index in [0.717, 1.165) is 17.9 Å². The Hall–Kier alpha value is -2.25. The second kappa shape index (κ2) is 10.2. The van der Waals surface area contributed by atoms with Crippen LogP contribution in [0, 0.1) is 13.8 Å². The summed E-state index contributed by atoms with van der Waals surface area (Å²) in [4.78, 5) is 22.6. The van der Waals surface area contributed by atoms with Crippen LogP contribution in [0.25, 0.3) is 0 Å². The summed E-state index contributed by atoms with van der Waals surface area (Å²) in [5.41, 5.74) is 0.399. The number of rotatable bonds is 7. The van der Waals surface area contributed by atoms with Crippen LogP contribution in [0.15, 0.2) is 9.41 Å². The zero-order chi connectivity index (χ0) is 20.6. The summed E-state index contributed by atoms with van der Waals surface area (Å²) in [6, 6.07) is 0.0776. The lowest BCUT2D eigenvalue weighted by molar-refractivity contribution is 0.0190. The summed E-state index contributed by atoms with van der Waals surface area (Å²) in [5, 5.41) is 6.40. The van der Waals surface area contributed by atoms with Gasteiger partial charge in [0.15, 0.2) is 5.96 Å². The summed E-state index contributed by atoms with van der Waals surface area (Å²) >= 11 is 0. The van der Waals surface area contributed by atoms with Crippen LogP contribution in [-0.4, -0.2) is 53.7 Å². The second-order valence-electron chi connectivity index (χ2n) is 7.72. The van der Waals surface area contributed by atoms with Crippen LogP contribution in [0.4, 0.5) is 4.79 Å². The number of oxazole rings is 1. The third-order valence-electron chi connectivity index (χ3n) is 3.82. The lowest BCUT2D eigenvalue weighted by Gasteiger charge is -2.30. The SMILES string of the molecule is CN=C(NCCCN(C(=O)OC(C)(C)C)C(C)C)NCc1nc(C)c(C)o1. The molecule has 1 rings (SSSR count). The Bertz CT molecular complexity index is 612. The molecule has 0 bridgehead atoms. The predicted octanol–water partition coefficient (Wildman–Crippen LogP) is 2.99. The standard InChI is InChI=1S/C19H35N5O3/c1-13(2)24(18(25)27-19(5,6)7)11-9-10-21-17(20-8)22-12-16-23-14(3)15(4)26-16/h13H,9-12H2,1-8H3,(H2,20,21,22). The van der Waals surface area contributed by atoms with Crippen molar-refractivity contribution in [2.24, 2.45) is 4.99 Å². The Morgan fingerprint density at radius 3 is 2.44 bits per heavy atom. The van der Waals surface area contributed by atoms with Crippen molar-refractivity contribution in [3.8, 4) is 0 Å². The van der Waals surface area contributed by atoms with Crippen molar-refractivity contribution in [3.05, 3.63) is 17.3 Å². The molecule has 2 N–H and O–H groups in total. The third kappa shape index (κ3) is 8.32. The predicted molar refractivity (Wildman–Crippen MR) is 107 cm³/mol. The quantitative estimate of drug-likeness (QED) is 0.429. The van der Waals surface area contributed by atoms with E-state index in [2.05, 4.69) is 20.6 Å².